The van der Waals surface area contributed by atoms with Crippen LogP contribution in [0.3, 0.4) is 0 Å². The van der Waals surface area contributed by atoms with Crippen LogP contribution < -0.4 is 11.1 Å². The second-order valence-corrected chi connectivity index (χ2v) is 9.34. The van der Waals surface area contributed by atoms with Crippen molar-refractivity contribution in [3.05, 3.63) is 57.8 Å². The molecule has 8 nitrogen and oxygen atoms in total. The van der Waals surface area contributed by atoms with Crippen molar-refractivity contribution in [3.63, 3.8) is 0 Å². The Morgan fingerprint density at radius 1 is 1.20 bits per heavy atom. The Morgan fingerprint density at radius 2 is 1.93 bits per heavy atom. The zero-order valence-corrected chi connectivity index (χ0v) is 17.1. The topological polar surface area (TPSA) is 112 Å². The second kappa shape index (κ2) is 7.86. The van der Waals surface area contributed by atoms with E-state index in [9.17, 15) is 22.4 Å². The predicted octanol–water partition coefficient (Wildman–Crippen LogP) is 2.95. The third kappa shape index (κ3) is 3.98. The van der Waals surface area contributed by atoms with Crippen LogP contribution in [0, 0.1) is 11.7 Å². The maximum absolute atomic E-state index is 13.9. The molecule has 11 heteroatoms. The number of nitrogens with one attached hydrogen (secondary N) is 2. The molecule has 0 atom stereocenters. The first-order valence-corrected chi connectivity index (χ1v) is 10.9. The number of hydrogen-bond donors (Lipinski definition) is 2. The van der Waals surface area contributed by atoms with Gasteiger partial charge in [0.25, 0.3) is 0 Å². The molecular formula is C19H17ClFN3O5S. The molecule has 1 fully saturated rings. The maximum atomic E-state index is 13.9. The van der Waals surface area contributed by atoms with Crippen molar-refractivity contribution in [2.24, 2.45) is 5.92 Å². The second-order valence-electron chi connectivity index (χ2n) is 6.96. The fourth-order valence-corrected chi connectivity index (χ4v) is 5.06. The van der Waals surface area contributed by atoms with Crippen LogP contribution >= 0.6 is 11.6 Å². The average molecular weight is 454 g/mol. The molecule has 2 N–H and O–H groups in total. The lowest BCUT2D eigenvalue weighted by atomic mass is 9.97. The van der Waals surface area contributed by atoms with E-state index in [1.807, 2.05) is 0 Å². The first kappa shape index (κ1) is 20.6. The summed E-state index contributed by atoms with van der Waals surface area (Å²) >= 11 is 5.71. The van der Waals surface area contributed by atoms with Gasteiger partial charge in [0, 0.05) is 30.1 Å². The summed E-state index contributed by atoms with van der Waals surface area (Å²) < 4.78 is 45.9. The molecule has 1 aliphatic heterocycles. The summed E-state index contributed by atoms with van der Waals surface area (Å²) in [4.78, 5) is 26.2. The maximum Gasteiger partial charge on any atom is 0.417 e. The number of nitrogens with zero attached hydrogens (tertiary/aromatic N) is 1. The standard InChI is InChI=1S/C19H17ClFN3O5S/c20-12-1-3-15(14(21)9-12)22-18(25)11-5-7-24(8-6-11)30(27,28)13-2-4-16-17(10-13)29-19(26)23-16/h1-4,9-11H,5-8H2,(H,22,25)(H,23,26). The number of piperidine rings is 1. The van der Waals surface area contributed by atoms with Crippen molar-refractivity contribution < 1.29 is 22.0 Å². The summed E-state index contributed by atoms with van der Waals surface area (Å²) in [5, 5.41) is 2.75. The molecule has 0 radical (unpaired) electrons. The number of hydrogen-bond acceptors (Lipinski definition) is 5. The van der Waals surface area contributed by atoms with Gasteiger partial charge in [-0.15, -0.1) is 0 Å². The number of benzene rings is 2. The molecule has 0 spiro atoms. The van der Waals surface area contributed by atoms with Gasteiger partial charge in [0.15, 0.2) is 5.58 Å². The van der Waals surface area contributed by atoms with E-state index in [2.05, 4.69) is 10.3 Å². The Balaban J connectivity index is 1.43. The average Bonchev–Trinajstić information content (AvgIpc) is 3.09. The van der Waals surface area contributed by atoms with E-state index in [-0.39, 0.29) is 40.2 Å². The third-order valence-electron chi connectivity index (χ3n) is 5.04. The SMILES string of the molecule is O=C(Nc1ccc(Cl)cc1F)C1CCN(S(=O)(=O)c2ccc3[nH]c(=O)oc3c2)CC1. The Bertz CT molecular complexity index is 1280. The number of rotatable bonds is 4. The summed E-state index contributed by atoms with van der Waals surface area (Å²) in [7, 11) is -3.81. The van der Waals surface area contributed by atoms with E-state index < -0.39 is 27.5 Å². The van der Waals surface area contributed by atoms with Gasteiger partial charge in [0.2, 0.25) is 15.9 Å². The van der Waals surface area contributed by atoms with E-state index in [0.29, 0.717) is 18.4 Å². The number of aromatic nitrogens is 1. The molecule has 3 aromatic rings. The first-order chi connectivity index (χ1) is 14.2. The Kier molecular flexibility index (Phi) is 5.39. The van der Waals surface area contributed by atoms with Gasteiger partial charge >= 0.3 is 5.76 Å². The molecule has 2 heterocycles. The minimum atomic E-state index is -3.81. The van der Waals surface area contributed by atoms with Crippen molar-refractivity contribution >= 4 is 44.3 Å². The highest BCUT2D eigenvalue weighted by atomic mass is 35.5. The highest BCUT2D eigenvalue weighted by molar-refractivity contribution is 7.89. The molecule has 0 saturated carbocycles. The highest BCUT2D eigenvalue weighted by Crippen LogP contribution is 2.27. The zero-order chi connectivity index (χ0) is 21.5. The summed E-state index contributed by atoms with van der Waals surface area (Å²) in [5.41, 5.74) is 0.588. The number of aromatic amines is 1. The number of carbonyl (C=O) groups excluding carboxylic acids is 1. The number of fused-ring (bicyclic) bond motifs is 1. The molecule has 1 saturated heterocycles. The highest BCUT2D eigenvalue weighted by Gasteiger charge is 2.32. The van der Waals surface area contributed by atoms with Crippen LogP contribution in [0.4, 0.5) is 10.1 Å². The van der Waals surface area contributed by atoms with Gasteiger partial charge < -0.3 is 9.73 Å². The Morgan fingerprint density at radius 3 is 2.63 bits per heavy atom. The van der Waals surface area contributed by atoms with Crippen LogP contribution in [0.15, 0.2) is 50.5 Å². The molecular weight excluding hydrogens is 437 g/mol. The van der Waals surface area contributed by atoms with Crippen LogP contribution in [0.5, 0.6) is 0 Å². The molecule has 0 unspecified atom stereocenters. The monoisotopic (exact) mass is 453 g/mol. The van der Waals surface area contributed by atoms with Crippen molar-refractivity contribution in [2.75, 3.05) is 18.4 Å². The number of sulfonamides is 1. The lowest BCUT2D eigenvalue weighted by molar-refractivity contribution is -0.120. The lowest BCUT2D eigenvalue weighted by Gasteiger charge is -2.30. The summed E-state index contributed by atoms with van der Waals surface area (Å²) in [6.45, 7) is 0.275. The molecule has 1 aromatic heterocycles. The van der Waals surface area contributed by atoms with E-state index in [1.54, 1.807) is 0 Å². The minimum absolute atomic E-state index is 0.00360. The third-order valence-corrected chi connectivity index (χ3v) is 7.17. The van der Waals surface area contributed by atoms with E-state index in [1.165, 1.54) is 34.6 Å². The van der Waals surface area contributed by atoms with Gasteiger partial charge in [0.1, 0.15) is 5.82 Å². The molecule has 0 bridgehead atoms. The van der Waals surface area contributed by atoms with Crippen LogP contribution in [-0.2, 0) is 14.8 Å². The van der Waals surface area contributed by atoms with Gasteiger partial charge in [-0.25, -0.2) is 17.6 Å². The number of halogens is 2. The molecule has 158 valence electrons. The van der Waals surface area contributed by atoms with Gasteiger partial charge in [-0.3, -0.25) is 9.78 Å². The minimum Gasteiger partial charge on any atom is -0.408 e. The molecule has 1 amide bonds. The quantitative estimate of drug-likeness (QED) is 0.630. The van der Waals surface area contributed by atoms with Crippen LogP contribution in [-0.4, -0.2) is 36.7 Å². The molecule has 2 aromatic carbocycles. The number of H-pyrrole nitrogens is 1. The van der Waals surface area contributed by atoms with Crippen molar-refractivity contribution in [2.45, 2.75) is 17.7 Å². The number of amides is 1. The van der Waals surface area contributed by atoms with Crippen molar-refractivity contribution in [1.82, 2.24) is 9.29 Å². The zero-order valence-electron chi connectivity index (χ0n) is 15.5. The summed E-state index contributed by atoms with van der Waals surface area (Å²) in [5.74, 6) is -2.12. The number of carbonyl (C=O) groups is 1. The first-order valence-electron chi connectivity index (χ1n) is 9.13. The predicted molar refractivity (Wildman–Crippen MR) is 108 cm³/mol. The summed E-state index contributed by atoms with van der Waals surface area (Å²) in [6, 6.07) is 8.11. The molecule has 0 aliphatic carbocycles. The molecule has 30 heavy (non-hydrogen) atoms. The number of anilines is 1. The largest absolute Gasteiger partial charge is 0.417 e. The normalized spacial score (nSPS) is 16.1. The van der Waals surface area contributed by atoms with Gasteiger partial charge in [0.05, 0.1) is 16.1 Å². The lowest BCUT2D eigenvalue weighted by Crippen LogP contribution is -2.41. The van der Waals surface area contributed by atoms with Crippen molar-refractivity contribution in [1.29, 1.82) is 0 Å². The van der Waals surface area contributed by atoms with Crippen molar-refractivity contribution in [3.8, 4) is 0 Å². The van der Waals surface area contributed by atoms with E-state index in [0.717, 1.165) is 6.07 Å². The smallest absolute Gasteiger partial charge is 0.408 e. The van der Waals surface area contributed by atoms with Gasteiger partial charge in [-0.2, -0.15) is 4.31 Å². The van der Waals surface area contributed by atoms with Crippen LogP contribution in [0.1, 0.15) is 12.8 Å². The van der Waals surface area contributed by atoms with Gasteiger partial charge in [-0.05, 0) is 43.2 Å². The molecule has 4 rings (SSSR count). The fourth-order valence-electron chi connectivity index (χ4n) is 3.42. The molecule has 1 aliphatic rings. The van der Waals surface area contributed by atoms with Crippen LogP contribution in [0.2, 0.25) is 5.02 Å². The van der Waals surface area contributed by atoms with Crippen LogP contribution in [0.25, 0.3) is 11.1 Å². The van der Waals surface area contributed by atoms with Gasteiger partial charge in [-0.1, -0.05) is 11.6 Å². The fraction of sp³-hybridized carbons (Fsp3) is 0.263. The number of oxazole rings is 1. The summed E-state index contributed by atoms with van der Waals surface area (Å²) in [6.07, 6.45) is 0.587. The van der Waals surface area contributed by atoms with E-state index >= 15 is 0 Å². The van der Waals surface area contributed by atoms with E-state index in [4.69, 9.17) is 16.0 Å². The Hall–Kier alpha value is -2.69. The Labute approximate surface area is 175 Å².